The molecule has 0 spiro atoms. The molecule has 0 aliphatic carbocycles. The number of carbonyl (C=O) groups excluding carboxylic acids is 1. The Labute approximate surface area is 162 Å². The Morgan fingerprint density at radius 1 is 1.32 bits per heavy atom. The van der Waals surface area contributed by atoms with E-state index in [2.05, 4.69) is 21.2 Å². The number of methoxy groups -OCH3 is 1. The predicted octanol–water partition coefficient (Wildman–Crippen LogP) is 2.81. The summed E-state index contributed by atoms with van der Waals surface area (Å²) in [6.45, 7) is 2.79. The van der Waals surface area contributed by atoms with Gasteiger partial charge in [-0.1, -0.05) is 17.3 Å². The molecule has 28 heavy (non-hydrogen) atoms. The van der Waals surface area contributed by atoms with Crippen molar-refractivity contribution in [1.82, 2.24) is 20.0 Å². The number of carbonyl (C=O) groups is 1. The third-order valence-electron chi connectivity index (χ3n) is 4.09. The summed E-state index contributed by atoms with van der Waals surface area (Å²) >= 11 is 0. The number of nitriles is 1. The number of pyridine rings is 1. The molecule has 0 aliphatic heterocycles. The Balaban J connectivity index is 1.83. The number of hydrogen-bond donors (Lipinski definition) is 0. The maximum atomic E-state index is 13.0. The molecular weight excluding hydrogens is 358 g/mol. The van der Waals surface area contributed by atoms with Gasteiger partial charge in [0.25, 0.3) is 5.91 Å². The third kappa shape index (κ3) is 4.22. The molecule has 0 unspecified atom stereocenters. The summed E-state index contributed by atoms with van der Waals surface area (Å²) < 4.78 is 10.1. The van der Waals surface area contributed by atoms with Gasteiger partial charge in [0, 0.05) is 31.0 Å². The van der Waals surface area contributed by atoms with Crippen LogP contribution in [0.3, 0.4) is 0 Å². The van der Waals surface area contributed by atoms with Gasteiger partial charge in [0.05, 0.1) is 11.3 Å². The van der Waals surface area contributed by atoms with Crippen LogP contribution in [0.25, 0.3) is 11.3 Å². The topological polar surface area (TPSA) is 105 Å². The van der Waals surface area contributed by atoms with E-state index in [1.807, 2.05) is 13.0 Å². The summed E-state index contributed by atoms with van der Waals surface area (Å²) in [5.74, 6) is 0.599. The van der Waals surface area contributed by atoms with E-state index in [1.54, 1.807) is 48.5 Å². The molecule has 8 nitrogen and oxygen atoms in total. The van der Waals surface area contributed by atoms with Crippen molar-refractivity contribution < 1.29 is 14.1 Å². The summed E-state index contributed by atoms with van der Waals surface area (Å²) in [4.78, 5) is 23.1. The Hall–Kier alpha value is -3.57. The van der Waals surface area contributed by atoms with E-state index in [4.69, 9.17) is 9.26 Å². The Morgan fingerprint density at radius 2 is 2.18 bits per heavy atom. The quantitative estimate of drug-likeness (QED) is 0.623. The van der Waals surface area contributed by atoms with Gasteiger partial charge in [-0.15, -0.1) is 0 Å². The molecule has 0 saturated carbocycles. The van der Waals surface area contributed by atoms with Gasteiger partial charge in [-0.05, 0) is 31.2 Å². The number of aromatic nitrogens is 3. The minimum atomic E-state index is -0.176. The van der Waals surface area contributed by atoms with Gasteiger partial charge in [-0.2, -0.15) is 10.2 Å². The molecule has 1 aromatic carbocycles. The molecule has 0 saturated heterocycles. The van der Waals surface area contributed by atoms with Crippen molar-refractivity contribution in [2.24, 2.45) is 0 Å². The minimum Gasteiger partial charge on any atom is -0.377 e. The van der Waals surface area contributed by atoms with E-state index in [-0.39, 0.29) is 19.1 Å². The van der Waals surface area contributed by atoms with E-state index in [1.165, 1.54) is 0 Å². The summed E-state index contributed by atoms with van der Waals surface area (Å²) in [5.41, 5.74) is 2.20. The molecule has 0 radical (unpaired) electrons. The summed E-state index contributed by atoms with van der Waals surface area (Å²) in [6.07, 6.45) is 1.62. The second kappa shape index (κ2) is 8.88. The molecule has 1 amide bonds. The molecular formula is C20H19N5O3. The number of benzene rings is 1. The van der Waals surface area contributed by atoms with Crippen LogP contribution in [-0.4, -0.2) is 39.6 Å². The number of rotatable bonds is 7. The number of hydrogen-bond acceptors (Lipinski definition) is 7. The van der Waals surface area contributed by atoms with Crippen LogP contribution in [0.4, 0.5) is 0 Å². The van der Waals surface area contributed by atoms with E-state index in [0.29, 0.717) is 40.6 Å². The molecule has 3 rings (SSSR count). The lowest BCUT2D eigenvalue weighted by atomic mass is 10.0. The molecule has 3 aromatic rings. The average molecular weight is 377 g/mol. The van der Waals surface area contributed by atoms with Crippen molar-refractivity contribution in [3.8, 4) is 17.3 Å². The molecule has 142 valence electrons. The van der Waals surface area contributed by atoms with Crippen molar-refractivity contribution in [2.75, 3.05) is 13.7 Å². The molecule has 0 atom stereocenters. The lowest BCUT2D eigenvalue weighted by Crippen LogP contribution is -2.30. The van der Waals surface area contributed by atoms with Crippen LogP contribution in [0.1, 0.15) is 34.6 Å². The SMILES string of the molecule is CCN(Cc1nc(COC)no1)C(=O)c1cccc(-c2ncccc2C#N)c1. The number of amides is 1. The fourth-order valence-electron chi connectivity index (χ4n) is 2.74. The zero-order valence-electron chi connectivity index (χ0n) is 15.6. The fraction of sp³-hybridized carbons (Fsp3) is 0.250. The summed E-state index contributed by atoms with van der Waals surface area (Å²) in [6, 6.07) is 12.6. The van der Waals surface area contributed by atoms with Gasteiger partial charge in [-0.3, -0.25) is 9.78 Å². The molecule has 0 N–H and O–H groups in total. The lowest BCUT2D eigenvalue weighted by molar-refractivity contribution is 0.0734. The van der Waals surface area contributed by atoms with Crippen LogP contribution in [0.2, 0.25) is 0 Å². The van der Waals surface area contributed by atoms with Gasteiger partial charge < -0.3 is 14.2 Å². The molecule has 2 aromatic heterocycles. The lowest BCUT2D eigenvalue weighted by Gasteiger charge is -2.19. The van der Waals surface area contributed by atoms with Crippen molar-refractivity contribution >= 4 is 5.91 Å². The van der Waals surface area contributed by atoms with Crippen LogP contribution in [0.15, 0.2) is 47.1 Å². The second-order valence-electron chi connectivity index (χ2n) is 5.95. The molecule has 0 aliphatic rings. The maximum absolute atomic E-state index is 13.0. The smallest absolute Gasteiger partial charge is 0.254 e. The monoisotopic (exact) mass is 377 g/mol. The number of nitrogens with zero attached hydrogens (tertiary/aromatic N) is 5. The average Bonchev–Trinajstić information content (AvgIpc) is 3.19. The summed E-state index contributed by atoms with van der Waals surface area (Å²) in [7, 11) is 1.55. The van der Waals surface area contributed by atoms with Gasteiger partial charge >= 0.3 is 0 Å². The zero-order chi connectivity index (χ0) is 19.9. The molecule has 0 fully saturated rings. The fourth-order valence-corrected chi connectivity index (χ4v) is 2.74. The van der Waals surface area contributed by atoms with Crippen LogP contribution >= 0.6 is 0 Å². The molecule has 0 bridgehead atoms. The minimum absolute atomic E-state index is 0.176. The Kier molecular flexibility index (Phi) is 6.09. The zero-order valence-corrected chi connectivity index (χ0v) is 15.6. The van der Waals surface area contributed by atoms with E-state index < -0.39 is 0 Å². The first-order valence-electron chi connectivity index (χ1n) is 8.71. The highest BCUT2D eigenvalue weighted by atomic mass is 16.5. The van der Waals surface area contributed by atoms with Gasteiger partial charge in [0.2, 0.25) is 5.89 Å². The van der Waals surface area contributed by atoms with Crippen molar-refractivity contribution in [3.63, 3.8) is 0 Å². The van der Waals surface area contributed by atoms with Gasteiger partial charge in [-0.25, -0.2) is 0 Å². The predicted molar refractivity (Wildman–Crippen MR) is 99.8 cm³/mol. The molecule has 8 heteroatoms. The second-order valence-corrected chi connectivity index (χ2v) is 5.95. The summed E-state index contributed by atoms with van der Waals surface area (Å²) in [5, 5.41) is 13.1. The van der Waals surface area contributed by atoms with Gasteiger partial charge in [0.1, 0.15) is 19.2 Å². The van der Waals surface area contributed by atoms with E-state index in [0.717, 1.165) is 0 Å². The third-order valence-corrected chi connectivity index (χ3v) is 4.09. The van der Waals surface area contributed by atoms with Gasteiger partial charge in [0.15, 0.2) is 5.82 Å². The highest BCUT2D eigenvalue weighted by Crippen LogP contribution is 2.22. The Morgan fingerprint density at radius 3 is 2.93 bits per heavy atom. The van der Waals surface area contributed by atoms with Crippen LogP contribution in [0.5, 0.6) is 0 Å². The highest BCUT2D eigenvalue weighted by molar-refractivity contribution is 5.95. The first-order valence-corrected chi connectivity index (χ1v) is 8.71. The van der Waals surface area contributed by atoms with E-state index in [9.17, 15) is 10.1 Å². The molecule has 2 heterocycles. The highest BCUT2D eigenvalue weighted by Gasteiger charge is 2.19. The normalized spacial score (nSPS) is 10.5. The largest absolute Gasteiger partial charge is 0.377 e. The van der Waals surface area contributed by atoms with Crippen LogP contribution in [0, 0.1) is 11.3 Å². The van der Waals surface area contributed by atoms with Crippen LogP contribution < -0.4 is 0 Å². The van der Waals surface area contributed by atoms with Crippen LogP contribution in [-0.2, 0) is 17.9 Å². The van der Waals surface area contributed by atoms with E-state index >= 15 is 0 Å². The van der Waals surface area contributed by atoms with Crippen molar-refractivity contribution in [2.45, 2.75) is 20.1 Å². The van der Waals surface area contributed by atoms with Crippen molar-refractivity contribution in [3.05, 3.63) is 65.4 Å². The first kappa shape index (κ1) is 19.2. The first-order chi connectivity index (χ1) is 13.7. The van der Waals surface area contributed by atoms with Crippen molar-refractivity contribution in [1.29, 1.82) is 5.26 Å². The maximum Gasteiger partial charge on any atom is 0.254 e. The number of ether oxygens (including phenoxy) is 1. The standard InChI is InChI=1S/C20H19N5O3/c1-3-25(12-18-23-17(13-27-2)24-28-18)20(26)15-7-4-6-14(10-15)19-16(11-21)8-5-9-22-19/h4-10H,3,12-13H2,1-2H3. The Bertz CT molecular complexity index is 1010.